The Morgan fingerprint density at radius 1 is 1.56 bits per heavy atom. The smallest absolute Gasteiger partial charge is 0.124 e. The van der Waals surface area contributed by atoms with Gasteiger partial charge in [-0.25, -0.2) is 4.98 Å². The van der Waals surface area contributed by atoms with Gasteiger partial charge in [-0.15, -0.1) is 11.6 Å². The Morgan fingerprint density at radius 2 is 2.33 bits per heavy atom. The van der Waals surface area contributed by atoms with E-state index in [0.29, 0.717) is 23.7 Å². The molecule has 1 heterocycles. The molecule has 0 saturated carbocycles. The zero-order chi connectivity index (χ0) is 13.1. The van der Waals surface area contributed by atoms with Gasteiger partial charge in [-0.3, -0.25) is 4.21 Å². The highest BCUT2D eigenvalue weighted by molar-refractivity contribution is 7.84. The molecular formula is C12H12ClN3OS. The zero-order valence-corrected chi connectivity index (χ0v) is 11.5. The molecule has 0 fully saturated rings. The minimum absolute atomic E-state index is 0.299. The van der Waals surface area contributed by atoms with Gasteiger partial charge in [-0.1, -0.05) is 0 Å². The molecule has 0 bridgehead atoms. The minimum Gasteiger partial charge on any atom is -0.326 e. The first-order chi connectivity index (χ1) is 8.65. The third-order valence-corrected chi connectivity index (χ3v) is 3.67. The van der Waals surface area contributed by atoms with E-state index in [4.69, 9.17) is 16.9 Å². The lowest BCUT2D eigenvalue weighted by Gasteiger charge is -2.06. The van der Waals surface area contributed by atoms with Gasteiger partial charge >= 0.3 is 0 Å². The molecule has 6 heteroatoms. The van der Waals surface area contributed by atoms with E-state index < -0.39 is 10.8 Å². The second kappa shape index (κ2) is 5.51. The van der Waals surface area contributed by atoms with Gasteiger partial charge in [-0.2, -0.15) is 5.26 Å². The highest BCUT2D eigenvalue weighted by atomic mass is 35.5. The average Bonchev–Trinajstić information content (AvgIpc) is 2.72. The van der Waals surface area contributed by atoms with Crippen LogP contribution >= 0.6 is 11.6 Å². The SMILES string of the molecule is CS(=O)CCn1c(CCl)nc2ccc(C#N)cc21. The van der Waals surface area contributed by atoms with E-state index in [2.05, 4.69) is 11.1 Å². The molecule has 1 unspecified atom stereocenters. The summed E-state index contributed by atoms with van der Waals surface area (Å²) in [5.41, 5.74) is 2.27. The Kier molecular flexibility index (Phi) is 4.00. The molecule has 2 rings (SSSR count). The van der Waals surface area contributed by atoms with Crippen molar-refractivity contribution in [2.24, 2.45) is 0 Å². The highest BCUT2D eigenvalue weighted by Gasteiger charge is 2.10. The third kappa shape index (κ3) is 2.55. The van der Waals surface area contributed by atoms with Crippen molar-refractivity contribution in [3.8, 4) is 6.07 Å². The van der Waals surface area contributed by atoms with E-state index >= 15 is 0 Å². The summed E-state index contributed by atoms with van der Waals surface area (Å²) in [6.07, 6.45) is 1.67. The highest BCUT2D eigenvalue weighted by Crippen LogP contribution is 2.19. The summed E-state index contributed by atoms with van der Waals surface area (Å²) in [5, 5.41) is 8.92. The molecule has 0 saturated heterocycles. The lowest BCUT2D eigenvalue weighted by atomic mass is 10.2. The summed E-state index contributed by atoms with van der Waals surface area (Å²) in [7, 11) is -0.867. The molecule has 94 valence electrons. The van der Waals surface area contributed by atoms with E-state index in [1.54, 1.807) is 18.4 Å². The second-order valence-electron chi connectivity index (χ2n) is 3.91. The van der Waals surface area contributed by atoms with Crippen molar-refractivity contribution >= 4 is 33.4 Å². The predicted molar refractivity (Wildman–Crippen MR) is 72.9 cm³/mol. The van der Waals surface area contributed by atoms with Gasteiger partial charge in [0.15, 0.2) is 0 Å². The van der Waals surface area contributed by atoms with E-state index in [1.165, 1.54) is 0 Å². The first-order valence-corrected chi connectivity index (χ1v) is 7.67. The number of alkyl halides is 1. The maximum Gasteiger partial charge on any atom is 0.124 e. The van der Waals surface area contributed by atoms with Crippen molar-refractivity contribution in [1.29, 1.82) is 5.26 Å². The monoisotopic (exact) mass is 281 g/mol. The summed E-state index contributed by atoms with van der Waals surface area (Å²) in [6, 6.07) is 7.43. The van der Waals surface area contributed by atoms with E-state index in [0.717, 1.165) is 16.9 Å². The van der Waals surface area contributed by atoms with Crippen molar-refractivity contribution in [1.82, 2.24) is 9.55 Å². The molecular weight excluding hydrogens is 270 g/mol. The van der Waals surface area contributed by atoms with Crippen LogP contribution in [-0.2, 0) is 23.2 Å². The summed E-state index contributed by atoms with van der Waals surface area (Å²) in [4.78, 5) is 4.41. The molecule has 0 amide bonds. The second-order valence-corrected chi connectivity index (χ2v) is 5.73. The number of benzene rings is 1. The van der Waals surface area contributed by atoms with Crippen LogP contribution in [0.2, 0.25) is 0 Å². The number of nitriles is 1. The number of rotatable bonds is 4. The van der Waals surface area contributed by atoms with Crippen LogP contribution < -0.4 is 0 Å². The van der Waals surface area contributed by atoms with E-state index in [9.17, 15) is 4.21 Å². The number of aryl methyl sites for hydroxylation is 1. The first kappa shape index (κ1) is 13.1. The topological polar surface area (TPSA) is 58.7 Å². The Labute approximate surface area is 113 Å². The lowest BCUT2D eigenvalue weighted by Crippen LogP contribution is -2.09. The molecule has 0 radical (unpaired) electrons. The summed E-state index contributed by atoms with van der Waals surface area (Å²) in [6.45, 7) is 0.594. The van der Waals surface area contributed by atoms with Crippen molar-refractivity contribution in [3.63, 3.8) is 0 Å². The van der Waals surface area contributed by atoms with Crippen LogP contribution in [0.4, 0.5) is 0 Å². The van der Waals surface area contributed by atoms with Gasteiger partial charge in [0.25, 0.3) is 0 Å². The fraction of sp³-hybridized carbons (Fsp3) is 0.333. The van der Waals surface area contributed by atoms with Gasteiger partial charge in [-0.05, 0) is 18.2 Å². The van der Waals surface area contributed by atoms with E-state index in [1.807, 2.05) is 10.6 Å². The van der Waals surface area contributed by atoms with Crippen molar-refractivity contribution < 1.29 is 4.21 Å². The maximum absolute atomic E-state index is 11.2. The number of hydrogen-bond donors (Lipinski definition) is 0. The fourth-order valence-corrected chi connectivity index (χ4v) is 2.46. The average molecular weight is 282 g/mol. The molecule has 1 atom stereocenters. The Hall–Kier alpha value is -1.38. The number of nitrogens with zero attached hydrogens (tertiary/aromatic N) is 3. The van der Waals surface area contributed by atoms with Gasteiger partial charge in [0.05, 0.1) is 28.5 Å². The van der Waals surface area contributed by atoms with Gasteiger partial charge in [0.2, 0.25) is 0 Å². The number of hydrogen-bond acceptors (Lipinski definition) is 3. The summed E-state index contributed by atoms with van der Waals surface area (Å²) in [5.74, 6) is 1.59. The number of aromatic nitrogens is 2. The Morgan fingerprint density at radius 3 is 2.94 bits per heavy atom. The Bertz CT molecular complexity index is 645. The molecule has 0 N–H and O–H groups in total. The molecule has 1 aromatic carbocycles. The van der Waals surface area contributed by atoms with Crippen LogP contribution in [0.25, 0.3) is 11.0 Å². The number of imidazole rings is 1. The van der Waals surface area contributed by atoms with Crippen LogP contribution in [0.3, 0.4) is 0 Å². The Balaban J connectivity index is 2.52. The maximum atomic E-state index is 11.2. The molecule has 0 aliphatic carbocycles. The van der Waals surface area contributed by atoms with Crippen LogP contribution in [-0.4, -0.2) is 25.8 Å². The molecule has 4 nitrogen and oxygen atoms in total. The van der Waals surface area contributed by atoms with Crippen LogP contribution in [0.5, 0.6) is 0 Å². The van der Waals surface area contributed by atoms with Gasteiger partial charge in [0.1, 0.15) is 5.82 Å². The number of halogens is 1. The molecule has 0 aliphatic heterocycles. The molecule has 0 spiro atoms. The lowest BCUT2D eigenvalue weighted by molar-refractivity contribution is 0.676. The fourth-order valence-electron chi connectivity index (χ4n) is 1.81. The summed E-state index contributed by atoms with van der Waals surface area (Å²) >= 11 is 5.87. The van der Waals surface area contributed by atoms with Crippen molar-refractivity contribution in [2.75, 3.05) is 12.0 Å². The predicted octanol–water partition coefficient (Wildman–Crippen LogP) is 2.03. The summed E-state index contributed by atoms with van der Waals surface area (Å²) < 4.78 is 13.1. The van der Waals surface area contributed by atoms with Crippen LogP contribution in [0.1, 0.15) is 11.4 Å². The molecule has 18 heavy (non-hydrogen) atoms. The molecule has 2 aromatic rings. The minimum atomic E-state index is -0.867. The van der Waals surface area contributed by atoms with Gasteiger partial charge < -0.3 is 4.57 Å². The zero-order valence-electron chi connectivity index (χ0n) is 9.89. The van der Waals surface area contributed by atoms with Crippen LogP contribution in [0, 0.1) is 11.3 Å². The molecule has 0 aliphatic rings. The van der Waals surface area contributed by atoms with Crippen molar-refractivity contribution in [2.45, 2.75) is 12.4 Å². The molecule has 1 aromatic heterocycles. The largest absolute Gasteiger partial charge is 0.326 e. The standard InChI is InChI=1S/C12H12ClN3OS/c1-18(17)5-4-16-11-6-9(8-14)2-3-10(11)15-12(16)7-13/h2-3,6H,4-5,7H2,1H3. The van der Waals surface area contributed by atoms with Crippen molar-refractivity contribution in [3.05, 3.63) is 29.6 Å². The van der Waals surface area contributed by atoms with E-state index in [-0.39, 0.29) is 0 Å². The van der Waals surface area contributed by atoms with Crippen LogP contribution in [0.15, 0.2) is 18.2 Å². The number of fused-ring (bicyclic) bond motifs is 1. The third-order valence-electron chi connectivity index (χ3n) is 2.68. The first-order valence-electron chi connectivity index (χ1n) is 5.41. The normalized spacial score (nSPS) is 12.5. The quantitative estimate of drug-likeness (QED) is 0.806. The van der Waals surface area contributed by atoms with Gasteiger partial charge in [0, 0.05) is 29.4 Å².